The fraction of sp³-hybridized carbons (Fsp3) is 0.446. The first kappa shape index (κ1) is 54.7. The molecule has 76 heavy (non-hydrogen) atoms. The van der Waals surface area contributed by atoms with Gasteiger partial charge in [-0.25, -0.2) is 14.2 Å². The average Bonchev–Trinajstić information content (AvgIpc) is 3.94. The summed E-state index contributed by atoms with van der Waals surface area (Å²) < 4.78 is 27.8. The van der Waals surface area contributed by atoms with Gasteiger partial charge in [0.05, 0.1) is 48.1 Å². The molecule has 0 unspecified atom stereocenters. The van der Waals surface area contributed by atoms with Crippen molar-refractivity contribution in [3.05, 3.63) is 110 Å². The molecule has 8 rings (SSSR count). The summed E-state index contributed by atoms with van der Waals surface area (Å²) in [6.07, 6.45) is 5.35. The van der Waals surface area contributed by atoms with Gasteiger partial charge in [-0.3, -0.25) is 48.1 Å². The number of halogens is 1. The zero-order valence-electron chi connectivity index (χ0n) is 42.6. The molecule has 4 aromatic rings. The third-order valence-corrected chi connectivity index (χ3v) is 14.7. The average molecular weight is 1050 g/mol. The minimum atomic E-state index is -2.04. The van der Waals surface area contributed by atoms with Gasteiger partial charge in [-0.15, -0.1) is 0 Å². The molecule has 4 aliphatic rings. The van der Waals surface area contributed by atoms with Crippen LogP contribution in [0, 0.1) is 18.7 Å². The molecule has 0 bridgehead atoms. The third-order valence-electron chi connectivity index (χ3n) is 14.7. The number of carbonyl (C=O) groups is 9. The van der Waals surface area contributed by atoms with Gasteiger partial charge in [0.2, 0.25) is 17.7 Å². The van der Waals surface area contributed by atoms with E-state index < -0.39 is 58.4 Å². The van der Waals surface area contributed by atoms with Crippen molar-refractivity contribution in [1.29, 1.82) is 0 Å². The van der Waals surface area contributed by atoms with Crippen LogP contribution in [0.1, 0.15) is 123 Å². The first-order chi connectivity index (χ1) is 36.5. The molecule has 0 saturated carbocycles. The zero-order chi connectivity index (χ0) is 54.3. The normalized spacial score (nSPS) is 17.4. The van der Waals surface area contributed by atoms with Gasteiger partial charge in [0.25, 0.3) is 17.4 Å². The molecule has 0 spiro atoms. The van der Waals surface area contributed by atoms with Crippen molar-refractivity contribution in [2.45, 2.75) is 122 Å². The number of ketones is 3. The smallest absolute Gasteiger partial charge is 0.343 e. The van der Waals surface area contributed by atoms with Crippen LogP contribution in [0.2, 0.25) is 0 Å². The topological polar surface area (TPSA) is 267 Å². The Hall–Kier alpha value is -7.58. The fourth-order valence-corrected chi connectivity index (χ4v) is 10.5. The maximum atomic E-state index is 15.4. The van der Waals surface area contributed by atoms with E-state index in [0.29, 0.717) is 71.1 Å². The first-order valence-electron chi connectivity index (χ1n) is 25.8. The summed E-state index contributed by atoms with van der Waals surface area (Å²) in [5.74, 6) is -5.14. The Balaban J connectivity index is 0.787. The van der Waals surface area contributed by atoms with Crippen molar-refractivity contribution in [3.63, 3.8) is 0 Å². The molecule has 0 radical (unpaired) electrons. The van der Waals surface area contributed by atoms with Gasteiger partial charge >= 0.3 is 5.97 Å². The molecule has 0 saturated heterocycles. The number of aryl methyl sites for hydroxylation is 1. The summed E-state index contributed by atoms with van der Waals surface area (Å²) >= 11 is 0. The van der Waals surface area contributed by atoms with Gasteiger partial charge in [0.15, 0.2) is 17.2 Å². The highest BCUT2D eigenvalue weighted by Crippen LogP contribution is 2.46. The van der Waals surface area contributed by atoms with Crippen LogP contribution in [0.4, 0.5) is 4.39 Å². The molecule has 1 aliphatic carbocycles. The number of cyclic esters (lactones) is 1. The lowest BCUT2D eigenvalue weighted by Crippen LogP contribution is -2.44. The van der Waals surface area contributed by atoms with E-state index >= 15 is 4.39 Å². The second-order valence-corrected chi connectivity index (χ2v) is 19.8. The van der Waals surface area contributed by atoms with Crippen LogP contribution in [0.15, 0.2) is 59.4 Å². The molecule has 3 aliphatic heterocycles. The van der Waals surface area contributed by atoms with Crippen LogP contribution in [-0.4, -0.2) is 105 Å². The molecule has 2 aromatic carbocycles. The maximum absolute atomic E-state index is 15.4. The quantitative estimate of drug-likeness (QED) is 0.0348. The summed E-state index contributed by atoms with van der Waals surface area (Å²) in [5.41, 5.74) is 2.24. The lowest BCUT2D eigenvalue weighted by atomic mass is 9.81. The number of nitrogens with one attached hydrogen (secondary N) is 3. The van der Waals surface area contributed by atoms with E-state index in [2.05, 4.69) is 16.0 Å². The van der Waals surface area contributed by atoms with Crippen LogP contribution in [-0.2, 0) is 84.2 Å². The van der Waals surface area contributed by atoms with Gasteiger partial charge < -0.3 is 35.1 Å². The standard InChI is InChI=1S/C56H61FN6O13/c1-3-56(74)41-25-45-52-39(29-63(45)54(72)40(41)30-76-55(56)73)51-43(17-16-38-32(2)42(57)26-44(61-52)50(38)51)60-47(68)31-75-22-10-14-36(65)27-59-53(71)34(23-33-11-6-4-7-12-33)24-37(66)28-58-46(67)18-15-35(64)13-8-5-9-21-62-48(69)19-20-49(62)70/h4,6-7,11-12,19-20,25-26,34,43,74H,3,5,8-10,13-18,21-24,27-31H2,1-2H3,(H,58,67)(H,59,71)(H,60,68)/t34-,43+,56+/m1/s1. The highest BCUT2D eigenvalue weighted by atomic mass is 19.1. The fourth-order valence-electron chi connectivity index (χ4n) is 10.5. The van der Waals surface area contributed by atoms with Crippen LogP contribution in [0.3, 0.4) is 0 Å². The Labute approximate surface area is 437 Å². The Morgan fingerprint density at radius 2 is 1.61 bits per heavy atom. The highest BCUT2D eigenvalue weighted by Gasteiger charge is 2.46. The number of benzene rings is 2. The van der Waals surface area contributed by atoms with Crippen LogP contribution < -0.4 is 21.5 Å². The van der Waals surface area contributed by atoms with Crippen molar-refractivity contribution in [1.82, 2.24) is 30.4 Å². The summed E-state index contributed by atoms with van der Waals surface area (Å²) in [5, 5.41) is 20.3. The van der Waals surface area contributed by atoms with E-state index in [1.165, 1.54) is 22.8 Å². The Bertz CT molecular complexity index is 3100. The number of fused-ring (bicyclic) bond motifs is 5. The number of ether oxygens (including phenoxy) is 2. The highest BCUT2D eigenvalue weighted by molar-refractivity contribution is 6.12. The number of pyridine rings is 2. The predicted octanol–water partition coefficient (Wildman–Crippen LogP) is 3.88. The molecule has 2 aromatic heterocycles. The van der Waals surface area contributed by atoms with E-state index in [-0.39, 0.29) is 132 Å². The number of Topliss-reactive ketones (excluding diaryl/α,β-unsaturated/α-hetero) is 3. The first-order valence-corrected chi connectivity index (χ1v) is 25.8. The number of unbranched alkanes of at least 4 members (excludes halogenated alkanes) is 2. The molecule has 0 fully saturated rings. The number of hydrogen-bond donors (Lipinski definition) is 4. The molecular formula is C56H61FN6O13. The van der Waals surface area contributed by atoms with E-state index in [9.17, 15) is 53.1 Å². The SMILES string of the molecule is CC[C@@]1(O)C(=O)OCc2c1cc1n(c2=O)Cc2c-1nc1cc(F)c(C)c3c1c2[C@@H](NC(=O)COCCCC(=O)CNC(=O)[C@@H](CC(=O)CNC(=O)CCC(=O)CCCCCN1C(=O)C=CC1=O)Cc1ccccc1)CC3. The molecule has 400 valence electrons. The van der Waals surface area contributed by atoms with E-state index in [1.807, 2.05) is 18.2 Å². The van der Waals surface area contributed by atoms with E-state index in [1.54, 1.807) is 32.0 Å². The van der Waals surface area contributed by atoms with Gasteiger partial charge in [0, 0.05) is 85.9 Å². The number of rotatable bonds is 26. The molecule has 5 heterocycles. The number of hydrogen-bond acceptors (Lipinski definition) is 14. The largest absolute Gasteiger partial charge is 0.458 e. The summed E-state index contributed by atoms with van der Waals surface area (Å²) in [6.45, 7) is 2.41. The Morgan fingerprint density at radius 3 is 2.36 bits per heavy atom. The molecule has 4 N–H and O–H groups in total. The Kier molecular flexibility index (Phi) is 17.2. The predicted molar refractivity (Wildman–Crippen MR) is 271 cm³/mol. The lowest BCUT2D eigenvalue weighted by molar-refractivity contribution is -0.172. The molecule has 20 heteroatoms. The Morgan fingerprint density at radius 1 is 0.868 bits per heavy atom. The van der Waals surface area contributed by atoms with Crippen LogP contribution in [0.25, 0.3) is 22.3 Å². The number of nitrogens with zero attached hydrogens (tertiary/aromatic N) is 3. The summed E-state index contributed by atoms with van der Waals surface area (Å²) in [7, 11) is 0. The monoisotopic (exact) mass is 1040 g/mol. The minimum absolute atomic E-state index is 0.0129. The van der Waals surface area contributed by atoms with Crippen molar-refractivity contribution >= 4 is 63.8 Å². The van der Waals surface area contributed by atoms with Gasteiger partial charge in [-0.05, 0) is 80.2 Å². The van der Waals surface area contributed by atoms with Crippen molar-refractivity contribution in [2.24, 2.45) is 5.92 Å². The van der Waals surface area contributed by atoms with Crippen molar-refractivity contribution in [2.75, 3.05) is 32.8 Å². The maximum Gasteiger partial charge on any atom is 0.343 e. The number of esters is 1. The second kappa shape index (κ2) is 24.0. The zero-order valence-corrected chi connectivity index (χ0v) is 42.6. The summed E-state index contributed by atoms with van der Waals surface area (Å²) in [4.78, 5) is 134. The molecular weight excluding hydrogens is 984 g/mol. The lowest BCUT2D eigenvalue weighted by Gasteiger charge is -2.31. The molecule has 5 amide bonds. The van der Waals surface area contributed by atoms with E-state index in [0.717, 1.165) is 16.0 Å². The number of aromatic nitrogens is 2. The molecule has 3 atom stereocenters. The minimum Gasteiger partial charge on any atom is -0.458 e. The van der Waals surface area contributed by atoms with Gasteiger partial charge in [-0.1, -0.05) is 43.7 Å². The van der Waals surface area contributed by atoms with Gasteiger partial charge in [0.1, 0.15) is 24.8 Å². The van der Waals surface area contributed by atoms with Gasteiger partial charge in [-0.2, -0.15) is 0 Å². The van der Waals surface area contributed by atoms with Crippen LogP contribution >= 0.6 is 0 Å². The number of carbonyl (C=O) groups excluding carboxylic acids is 9. The van der Waals surface area contributed by atoms with Crippen molar-refractivity contribution in [3.8, 4) is 11.4 Å². The second-order valence-electron chi connectivity index (χ2n) is 19.8. The van der Waals surface area contributed by atoms with Crippen molar-refractivity contribution < 1.29 is 62.1 Å². The third kappa shape index (κ3) is 12.1. The number of amides is 5. The van der Waals surface area contributed by atoms with E-state index in [4.69, 9.17) is 14.5 Å². The number of imide groups is 1. The van der Waals surface area contributed by atoms with Crippen LogP contribution in [0.5, 0.6) is 0 Å². The number of aliphatic hydroxyl groups is 1. The summed E-state index contributed by atoms with van der Waals surface area (Å²) in [6, 6.07) is 11.4. The molecule has 19 nitrogen and oxygen atoms in total.